The first-order valence-corrected chi connectivity index (χ1v) is 12.9. The molecule has 2 heterocycles. The molecule has 1 aliphatic heterocycles. The molecule has 0 amide bonds. The summed E-state index contributed by atoms with van der Waals surface area (Å²) in [6.07, 6.45) is 2.80. The highest BCUT2D eigenvalue weighted by molar-refractivity contribution is 7.07. The zero-order chi connectivity index (χ0) is 28.3. The summed E-state index contributed by atoms with van der Waals surface area (Å²) in [6.45, 7) is 9.11. The number of benzene rings is 2. The van der Waals surface area contributed by atoms with E-state index in [0.29, 0.717) is 37.7 Å². The summed E-state index contributed by atoms with van der Waals surface area (Å²) in [7, 11) is 1.50. The van der Waals surface area contributed by atoms with Gasteiger partial charge >= 0.3 is 5.97 Å². The van der Waals surface area contributed by atoms with E-state index in [4.69, 9.17) is 14.2 Å². The number of nitrogens with zero attached hydrogens (tertiary/aromatic N) is 3. The lowest BCUT2D eigenvalue weighted by molar-refractivity contribution is -0.384. The first kappa shape index (κ1) is 27.5. The minimum atomic E-state index is -0.859. The van der Waals surface area contributed by atoms with Gasteiger partial charge < -0.3 is 14.2 Å². The second-order valence-corrected chi connectivity index (χ2v) is 9.91. The van der Waals surface area contributed by atoms with Gasteiger partial charge in [-0.3, -0.25) is 19.5 Å². The second kappa shape index (κ2) is 11.5. The normalized spacial score (nSPS) is 15.0. The van der Waals surface area contributed by atoms with Crippen molar-refractivity contribution < 1.29 is 23.9 Å². The molecular weight excluding hydrogens is 522 g/mol. The summed E-state index contributed by atoms with van der Waals surface area (Å²) in [6, 6.07) is 10.3. The highest BCUT2D eigenvalue weighted by atomic mass is 32.1. The number of hydrogen-bond acceptors (Lipinski definition) is 9. The Kier molecular flexibility index (Phi) is 8.10. The fraction of sp³-hybridized carbons (Fsp3) is 0.250. The van der Waals surface area contributed by atoms with Gasteiger partial charge in [0.25, 0.3) is 11.2 Å². The van der Waals surface area contributed by atoms with Gasteiger partial charge in [0.15, 0.2) is 16.3 Å². The molecular formula is C28H27N3O7S. The molecule has 0 fully saturated rings. The van der Waals surface area contributed by atoms with Crippen LogP contribution < -0.4 is 24.4 Å². The first-order valence-electron chi connectivity index (χ1n) is 12.0. The van der Waals surface area contributed by atoms with Crippen molar-refractivity contribution in [3.05, 3.63) is 107 Å². The standard InChI is InChI=1S/C28H27N3O7S/c1-6-12-37-21-11-10-19(15-22(21)36-5)25-24(27(33)38-16(2)3)17(4)29-28-30(25)26(32)23(39-28)14-18-8-7-9-20(13-18)31(34)35/h6-11,13-16,25H,1,12H2,2-5H3/b23-14-. The largest absolute Gasteiger partial charge is 0.493 e. The summed E-state index contributed by atoms with van der Waals surface area (Å²) in [4.78, 5) is 42.8. The van der Waals surface area contributed by atoms with Crippen LogP contribution in [0, 0.1) is 10.1 Å². The number of non-ortho nitro benzene ring substituents is 1. The first-order chi connectivity index (χ1) is 18.6. The molecule has 0 saturated heterocycles. The molecule has 202 valence electrons. The molecule has 0 saturated carbocycles. The summed E-state index contributed by atoms with van der Waals surface area (Å²) >= 11 is 1.13. The second-order valence-electron chi connectivity index (χ2n) is 8.90. The molecule has 3 aromatic rings. The highest BCUT2D eigenvalue weighted by Gasteiger charge is 2.34. The number of methoxy groups -OCH3 is 1. The maximum Gasteiger partial charge on any atom is 0.338 e. The number of esters is 1. The van der Waals surface area contributed by atoms with E-state index in [-0.39, 0.29) is 24.0 Å². The molecule has 1 unspecified atom stereocenters. The van der Waals surface area contributed by atoms with Crippen molar-refractivity contribution in [2.45, 2.75) is 32.9 Å². The smallest absolute Gasteiger partial charge is 0.338 e. The maximum atomic E-state index is 13.8. The van der Waals surface area contributed by atoms with Crippen LogP contribution in [0.15, 0.2) is 76.2 Å². The molecule has 0 radical (unpaired) electrons. The lowest BCUT2D eigenvalue weighted by Crippen LogP contribution is -2.40. The quantitative estimate of drug-likeness (QED) is 0.173. The predicted octanol–water partition coefficient (Wildman–Crippen LogP) is 3.67. The maximum absolute atomic E-state index is 13.8. The van der Waals surface area contributed by atoms with Crippen molar-refractivity contribution in [1.29, 1.82) is 0 Å². The number of aromatic nitrogens is 1. The van der Waals surface area contributed by atoms with Crippen molar-refractivity contribution >= 4 is 29.1 Å². The number of carbonyl (C=O) groups excluding carboxylic acids is 1. The third-order valence-corrected chi connectivity index (χ3v) is 6.81. The Labute approximate surface area is 227 Å². The zero-order valence-electron chi connectivity index (χ0n) is 21.9. The van der Waals surface area contributed by atoms with Crippen LogP contribution in [0.4, 0.5) is 5.69 Å². The topological polar surface area (TPSA) is 122 Å². The predicted molar refractivity (Wildman–Crippen MR) is 147 cm³/mol. The van der Waals surface area contributed by atoms with Crippen LogP contribution in [0.5, 0.6) is 11.5 Å². The summed E-state index contributed by atoms with van der Waals surface area (Å²) < 4.78 is 18.5. The van der Waals surface area contributed by atoms with Gasteiger partial charge in [0.2, 0.25) is 0 Å². The van der Waals surface area contributed by atoms with Crippen LogP contribution in [0.1, 0.15) is 37.9 Å². The van der Waals surface area contributed by atoms with E-state index in [1.54, 1.807) is 63.3 Å². The molecule has 0 bridgehead atoms. The summed E-state index contributed by atoms with van der Waals surface area (Å²) in [5, 5.41) is 11.2. The fourth-order valence-corrected chi connectivity index (χ4v) is 5.22. The van der Waals surface area contributed by atoms with Crippen molar-refractivity contribution in [3.8, 4) is 11.5 Å². The molecule has 0 spiro atoms. The van der Waals surface area contributed by atoms with Gasteiger partial charge in [-0.1, -0.05) is 42.2 Å². The van der Waals surface area contributed by atoms with E-state index in [1.807, 2.05) is 0 Å². The molecule has 2 aromatic carbocycles. The van der Waals surface area contributed by atoms with E-state index < -0.39 is 22.5 Å². The molecule has 39 heavy (non-hydrogen) atoms. The van der Waals surface area contributed by atoms with Gasteiger partial charge in [-0.25, -0.2) is 9.79 Å². The minimum Gasteiger partial charge on any atom is -0.493 e. The van der Waals surface area contributed by atoms with E-state index in [2.05, 4.69) is 11.6 Å². The van der Waals surface area contributed by atoms with Gasteiger partial charge in [0.05, 0.1) is 40.0 Å². The molecule has 0 N–H and O–H groups in total. The van der Waals surface area contributed by atoms with Crippen molar-refractivity contribution in [1.82, 2.24) is 4.57 Å². The van der Waals surface area contributed by atoms with Crippen LogP contribution in [-0.4, -0.2) is 35.3 Å². The molecule has 11 heteroatoms. The number of carbonyl (C=O) groups is 1. The minimum absolute atomic E-state index is 0.0881. The van der Waals surface area contributed by atoms with Crippen LogP contribution in [0.3, 0.4) is 0 Å². The number of ether oxygens (including phenoxy) is 3. The molecule has 1 aliphatic rings. The van der Waals surface area contributed by atoms with E-state index in [9.17, 15) is 19.7 Å². The van der Waals surface area contributed by atoms with Crippen molar-refractivity contribution in [2.75, 3.05) is 13.7 Å². The van der Waals surface area contributed by atoms with Crippen LogP contribution in [0.2, 0.25) is 0 Å². The van der Waals surface area contributed by atoms with Gasteiger partial charge in [-0.2, -0.15) is 0 Å². The molecule has 0 aliphatic carbocycles. The number of rotatable bonds is 9. The van der Waals surface area contributed by atoms with Crippen LogP contribution >= 0.6 is 11.3 Å². The number of thiazole rings is 1. The van der Waals surface area contributed by atoms with Crippen LogP contribution in [-0.2, 0) is 9.53 Å². The van der Waals surface area contributed by atoms with Gasteiger partial charge in [-0.05, 0) is 50.1 Å². The Morgan fingerprint density at radius 3 is 2.69 bits per heavy atom. The fourth-order valence-electron chi connectivity index (χ4n) is 4.18. The molecule has 10 nitrogen and oxygen atoms in total. The Bertz CT molecular complexity index is 1670. The number of hydrogen-bond donors (Lipinski definition) is 0. The number of allylic oxidation sites excluding steroid dienone is 1. The number of nitro benzene ring substituents is 1. The number of nitro groups is 1. The SMILES string of the molecule is C=CCOc1ccc(C2C(C(=O)OC(C)C)=C(C)N=c3s/c(=C\c4cccc([N+](=O)[O-])c4)c(=O)n32)cc1OC. The Morgan fingerprint density at radius 1 is 1.26 bits per heavy atom. The van der Waals surface area contributed by atoms with Crippen molar-refractivity contribution in [3.63, 3.8) is 0 Å². The lowest BCUT2D eigenvalue weighted by atomic mass is 9.95. The average molecular weight is 550 g/mol. The Hall–Kier alpha value is -4.51. The Balaban J connectivity index is 1.93. The number of fused-ring (bicyclic) bond motifs is 1. The van der Waals surface area contributed by atoms with Crippen LogP contribution in [0.25, 0.3) is 6.08 Å². The van der Waals surface area contributed by atoms with E-state index in [1.165, 1.54) is 23.8 Å². The highest BCUT2D eigenvalue weighted by Crippen LogP contribution is 2.36. The molecule has 4 rings (SSSR count). The third kappa shape index (κ3) is 5.68. The van der Waals surface area contributed by atoms with Gasteiger partial charge in [0, 0.05) is 12.1 Å². The third-order valence-electron chi connectivity index (χ3n) is 5.82. The van der Waals surface area contributed by atoms with Gasteiger partial charge in [0.1, 0.15) is 6.61 Å². The van der Waals surface area contributed by atoms with Gasteiger partial charge in [-0.15, -0.1) is 0 Å². The Morgan fingerprint density at radius 2 is 2.03 bits per heavy atom. The monoisotopic (exact) mass is 549 g/mol. The zero-order valence-corrected chi connectivity index (χ0v) is 22.7. The van der Waals surface area contributed by atoms with E-state index in [0.717, 1.165) is 11.3 Å². The van der Waals surface area contributed by atoms with Crippen molar-refractivity contribution in [2.24, 2.45) is 4.99 Å². The average Bonchev–Trinajstić information content (AvgIpc) is 3.20. The van der Waals surface area contributed by atoms with E-state index >= 15 is 0 Å². The lowest BCUT2D eigenvalue weighted by Gasteiger charge is -2.26. The summed E-state index contributed by atoms with van der Waals surface area (Å²) in [5.41, 5.74) is 1.23. The summed E-state index contributed by atoms with van der Waals surface area (Å²) in [5.74, 6) is 0.306. The molecule has 1 atom stereocenters. The molecule has 1 aromatic heterocycles.